The van der Waals surface area contributed by atoms with Gasteiger partial charge in [-0.2, -0.15) is 13.2 Å². The van der Waals surface area contributed by atoms with Gasteiger partial charge in [-0.15, -0.1) is 0 Å². The fourth-order valence-electron chi connectivity index (χ4n) is 3.11. The molecule has 2 N–H and O–H groups in total. The molecule has 1 aromatic heterocycles. The maximum atomic E-state index is 12.8. The average molecular weight is 426 g/mol. The molecule has 1 amide bonds. The second-order valence-corrected chi connectivity index (χ2v) is 8.24. The maximum absolute atomic E-state index is 12.8. The number of aromatic nitrogens is 2. The highest BCUT2D eigenvalue weighted by Crippen LogP contribution is 2.28. The first-order valence-electron chi connectivity index (χ1n) is 9.12. The Hall–Kier alpha value is -2.33. The number of hydrogen-bond acceptors (Lipinski definition) is 5. The van der Waals surface area contributed by atoms with Crippen LogP contribution in [-0.2, 0) is 17.5 Å². The summed E-state index contributed by atoms with van der Waals surface area (Å²) in [4.78, 5) is 31.8. The number of H-pyrrole nitrogens is 1. The third-order valence-corrected chi connectivity index (χ3v) is 5.52. The maximum Gasteiger partial charge on any atom is 0.433 e. The van der Waals surface area contributed by atoms with Gasteiger partial charge in [-0.05, 0) is 18.9 Å². The molecule has 2 unspecified atom stereocenters. The molecule has 1 aliphatic heterocycles. The van der Waals surface area contributed by atoms with Gasteiger partial charge < -0.3 is 10.3 Å². The first-order chi connectivity index (χ1) is 13.7. The SMILES string of the molecule is CC(Sc1nc(C(F)(F)F)cc(=O)[nH]1)C(=O)NC1CCN(Cc2ccccc2)C1. The molecule has 1 fully saturated rings. The molecule has 1 aliphatic rings. The third kappa shape index (κ3) is 6.07. The van der Waals surface area contributed by atoms with Crippen molar-refractivity contribution < 1.29 is 18.0 Å². The molecule has 2 heterocycles. The van der Waals surface area contributed by atoms with E-state index in [1.807, 2.05) is 30.3 Å². The summed E-state index contributed by atoms with van der Waals surface area (Å²) in [5, 5.41) is 1.99. The number of carbonyl (C=O) groups excluding carboxylic acids is 1. The number of carbonyl (C=O) groups is 1. The summed E-state index contributed by atoms with van der Waals surface area (Å²) in [6, 6.07) is 10.4. The summed E-state index contributed by atoms with van der Waals surface area (Å²) in [6.45, 7) is 3.92. The Kier molecular flexibility index (Phi) is 6.63. The van der Waals surface area contributed by atoms with E-state index in [9.17, 15) is 22.8 Å². The molecule has 3 rings (SSSR count). The van der Waals surface area contributed by atoms with Gasteiger partial charge in [-0.1, -0.05) is 42.1 Å². The highest BCUT2D eigenvalue weighted by atomic mass is 32.2. The van der Waals surface area contributed by atoms with Crippen LogP contribution in [0.25, 0.3) is 0 Å². The van der Waals surface area contributed by atoms with Crippen LogP contribution in [0.5, 0.6) is 0 Å². The zero-order valence-corrected chi connectivity index (χ0v) is 16.5. The summed E-state index contributed by atoms with van der Waals surface area (Å²) in [5.41, 5.74) is -0.985. The van der Waals surface area contributed by atoms with E-state index in [0.717, 1.165) is 31.3 Å². The van der Waals surface area contributed by atoms with Crippen LogP contribution in [-0.4, -0.2) is 45.2 Å². The van der Waals surface area contributed by atoms with Crippen molar-refractivity contribution in [1.82, 2.24) is 20.2 Å². The number of nitrogens with one attached hydrogen (secondary N) is 2. The molecule has 156 valence electrons. The third-order valence-electron chi connectivity index (χ3n) is 4.54. The van der Waals surface area contributed by atoms with Gasteiger partial charge in [0.05, 0.1) is 5.25 Å². The molecule has 6 nitrogen and oxygen atoms in total. The van der Waals surface area contributed by atoms with Gasteiger partial charge in [0.15, 0.2) is 10.9 Å². The molecular weight excluding hydrogens is 405 g/mol. The van der Waals surface area contributed by atoms with E-state index >= 15 is 0 Å². The molecule has 2 atom stereocenters. The Morgan fingerprint density at radius 1 is 1.38 bits per heavy atom. The summed E-state index contributed by atoms with van der Waals surface area (Å²) in [7, 11) is 0. The van der Waals surface area contributed by atoms with E-state index in [1.54, 1.807) is 6.92 Å². The van der Waals surface area contributed by atoms with Crippen LogP contribution >= 0.6 is 11.8 Å². The predicted molar refractivity (Wildman–Crippen MR) is 103 cm³/mol. The molecule has 0 spiro atoms. The molecule has 1 aromatic carbocycles. The summed E-state index contributed by atoms with van der Waals surface area (Å²) >= 11 is 0.791. The molecule has 0 bridgehead atoms. The second-order valence-electron chi connectivity index (χ2n) is 6.91. The highest BCUT2D eigenvalue weighted by molar-refractivity contribution is 8.00. The quantitative estimate of drug-likeness (QED) is 0.549. The molecular formula is C19H21F3N4O2S. The number of halogens is 3. The lowest BCUT2D eigenvalue weighted by Crippen LogP contribution is -2.41. The number of benzene rings is 1. The first-order valence-corrected chi connectivity index (χ1v) is 10.0. The number of amides is 1. The van der Waals surface area contributed by atoms with E-state index in [2.05, 4.69) is 20.2 Å². The number of aromatic amines is 1. The monoisotopic (exact) mass is 426 g/mol. The molecule has 10 heteroatoms. The number of alkyl halides is 3. The molecule has 2 aromatic rings. The first kappa shape index (κ1) is 21.4. The zero-order valence-electron chi connectivity index (χ0n) is 15.7. The van der Waals surface area contributed by atoms with E-state index in [0.29, 0.717) is 12.6 Å². The minimum Gasteiger partial charge on any atom is -0.351 e. The molecule has 1 saturated heterocycles. The summed E-state index contributed by atoms with van der Waals surface area (Å²) in [6.07, 6.45) is -3.92. The number of thioether (sulfide) groups is 1. The second kappa shape index (κ2) is 9.00. The number of nitrogens with zero attached hydrogens (tertiary/aromatic N) is 2. The van der Waals surface area contributed by atoms with Crippen LogP contribution in [0.2, 0.25) is 0 Å². The van der Waals surface area contributed by atoms with Crippen molar-refractivity contribution in [3.05, 3.63) is 58.0 Å². The predicted octanol–water partition coefficient (Wildman–Crippen LogP) is 2.66. The Balaban J connectivity index is 1.54. The lowest BCUT2D eigenvalue weighted by molar-refractivity contribution is -0.141. The fourth-order valence-corrected chi connectivity index (χ4v) is 3.93. The van der Waals surface area contributed by atoms with Gasteiger partial charge in [0, 0.05) is 31.7 Å². The molecule has 29 heavy (non-hydrogen) atoms. The van der Waals surface area contributed by atoms with E-state index < -0.39 is 22.7 Å². The van der Waals surface area contributed by atoms with Crippen LogP contribution in [0.1, 0.15) is 24.6 Å². The minimum absolute atomic E-state index is 0.0252. The topological polar surface area (TPSA) is 78.1 Å². The van der Waals surface area contributed by atoms with Crippen LogP contribution in [0.15, 0.2) is 46.3 Å². The smallest absolute Gasteiger partial charge is 0.351 e. The Bertz CT molecular complexity index is 904. The van der Waals surface area contributed by atoms with Crippen molar-refractivity contribution in [2.75, 3.05) is 13.1 Å². The summed E-state index contributed by atoms with van der Waals surface area (Å²) in [5.74, 6) is -0.304. The Morgan fingerprint density at radius 3 is 2.79 bits per heavy atom. The van der Waals surface area contributed by atoms with Crippen molar-refractivity contribution in [3.63, 3.8) is 0 Å². The van der Waals surface area contributed by atoms with Crippen molar-refractivity contribution >= 4 is 17.7 Å². The van der Waals surface area contributed by atoms with Crippen molar-refractivity contribution in [2.45, 2.75) is 42.5 Å². The van der Waals surface area contributed by atoms with Crippen LogP contribution in [0.3, 0.4) is 0 Å². The van der Waals surface area contributed by atoms with E-state index in [4.69, 9.17) is 0 Å². The van der Waals surface area contributed by atoms with E-state index in [1.165, 1.54) is 5.56 Å². The zero-order chi connectivity index (χ0) is 21.0. The van der Waals surface area contributed by atoms with Crippen molar-refractivity contribution in [1.29, 1.82) is 0 Å². The Morgan fingerprint density at radius 2 is 2.10 bits per heavy atom. The van der Waals surface area contributed by atoms with Gasteiger partial charge in [0.2, 0.25) is 5.91 Å². The standard InChI is InChI=1S/C19H21F3N4O2S/c1-12(29-18-24-15(19(20,21)22)9-16(27)25-18)17(28)23-14-7-8-26(11-14)10-13-5-3-2-4-6-13/h2-6,9,12,14H,7-8,10-11H2,1H3,(H,23,28)(H,24,25,27). The van der Waals surface area contributed by atoms with Gasteiger partial charge in [0.1, 0.15) is 0 Å². The van der Waals surface area contributed by atoms with Gasteiger partial charge in [0.25, 0.3) is 5.56 Å². The largest absolute Gasteiger partial charge is 0.433 e. The fraction of sp³-hybridized carbons (Fsp3) is 0.421. The van der Waals surface area contributed by atoms with Gasteiger partial charge >= 0.3 is 6.18 Å². The normalized spacial score (nSPS) is 18.6. The Labute approximate surface area is 169 Å². The van der Waals surface area contributed by atoms with E-state index in [-0.39, 0.29) is 17.1 Å². The van der Waals surface area contributed by atoms with Crippen LogP contribution in [0, 0.1) is 0 Å². The lowest BCUT2D eigenvalue weighted by atomic mass is 10.2. The number of hydrogen-bond donors (Lipinski definition) is 2. The van der Waals surface area contributed by atoms with Gasteiger partial charge in [-0.25, -0.2) is 4.98 Å². The minimum atomic E-state index is -4.72. The van der Waals surface area contributed by atoms with Crippen molar-refractivity contribution in [3.8, 4) is 0 Å². The molecule has 0 aliphatic carbocycles. The molecule has 0 saturated carbocycles. The van der Waals surface area contributed by atoms with Crippen LogP contribution < -0.4 is 10.9 Å². The molecule has 0 radical (unpaired) electrons. The summed E-state index contributed by atoms with van der Waals surface area (Å²) < 4.78 is 38.4. The average Bonchev–Trinajstić information content (AvgIpc) is 3.08. The highest BCUT2D eigenvalue weighted by Gasteiger charge is 2.34. The number of likely N-dealkylation sites (tertiary alicyclic amines) is 1. The number of rotatable bonds is 6. The van der Waals surface area contributed by atoms with Crippen LogP contribution in [0.4, 0.5) is 13.2 Å². The van der Waals surface area contributed by atoms with Gasteiger partial charge in [-0.3, -0.25) is 14.5 Å². The van der Waals surface area contributed by atoms with Crippen molar-refractivity contribution in [2.24, 2.45) is 0 Å². The lowest BCUT2D eigenvalue weighted by Gasteiger charge is -2.18.